The second-order valence-corrected chi connectivity index (χ2v) is 6.10. The highest BCUT2D eigenvalue weighted by Crippen LogP contribution is 2.16. The minimum absolute atomic E-state index is 0.654. The summed E-state index contributed by atoms with van der Waals surface area (Å²) < 4.78 is 1.10. The highest BCUT2D eigenvalue weighted by molar-refractivity contribution is 9.10. The van der Waals surface area contributed by atoms with Gasteiger partial charge in [0.25, 0.3) is 0 Å². The van der Waals surface area contributed by atoms with E-state index in [0.717, 1.165) is 16.5 Å². The van der Waals surface area contributed by atoms with Gasteiger partial charge in [-0.15, -0.1) is 0 Å². The van der Waals surface area contributed by atoms with E-state index in [4.69, 9.17) is 0 Å². The van der Waals surface area contributed by atoms with E-state index in [-0.39, 0.29) is 0 Å². The van der Waals surface area contributed by atoms with Gasteiger partial charge in [0.2, 0.25) is 0 Å². The molecule has 4 heteroatoms. The van der Waals surface area contributed by atoms with Crippen LogP contribution >= 0.6 is 15.9 Å². The summed E-state index contributed by atoms with van der Waals surface area (Å²) in [6.45, 7) is 3.20. The average Bonchev–Trinajstić information content (AvgIpc) is 2.39. The second kappa shape index (κ2) is 5.02. The van der Waals surface area contributed by atoms with Crippen molar-refractivity contribution in [3.05, 3.63) is 33.2 Å². The molecule has 0 saturated carbocycles. The topological polar surface area (TPSA) is 18.8 Å². The zero-order valence-electron chi connectivity index (χ0n) is 10.6. The minimum atomic E-state index is 0.654. The standard InChI is InChI=1S/C14H18BrN3/c1-17-6-4-13(5-7-17)18-9-11-2-3-12(15)8-14(11)16-10-18/h2-3,8-9,13H,4-7,10H2,1H3. The lowest BCUT2D eigenvalue weighted by molar-refractivity contribution is 0.173. The molecule has 0 atom stereocenters. The molecule has 2 aliphatic rings. The van der Waals surface area contributed by atoms with Crippen LogP contribution in [0.3, 0.4) is 0 Å². The van der Waals surface area contributed by atoms with Crippen molar-refractivity contribution in [2.24, 2.45) is 4.99 Å². The summed E-state index contributed by atoms with van der Waals surface area (Å²) >= 11 is 3.50. The molecule has 0 aliphatic carbocycles. The van der Waals surface area contributed by atoms with E-state index in [1.807, 2.05) is 0 Å². The zero-order chi connectivity index (χ0) is 12.5. The molecule has 1 saturated heterocycles. The van der Waals surface area contributed by atoms with Crippen LogP contribution in [0.2, 0.25) is 0 Å². The Morgan fingerprint density at radius 2 is 2.06 bits per heavy atom. The third kappa shape index (κ3) is 2.45. The first-order valence-corrected chi connectivity index (χ1v) is 7.28. The highest BCUT2D eigenvalue weighted by atomic mass is 79.9. The van der Waals surface area contributed by atoms with Crippen molar-refractivity contribution in [1.29, 1.82) is 0 Å². The molecule has 0 radical (unpaired) electrons. The molecule has 18 heavy (non-hydrogen) atoms. The van der Waals surface area contributed by atoms with E-state index in [1.165, 1.54) is 31.1 Å². The van der Waals surface area contributed by atoms with Crippen LogP contribution in [0.25, 0.3) is 6.20 Å². The van der Waals surface area contributed by atoms with Crippen LogP contribution in [-0.4, -0.2) is 42.6 Å². The van der Waals surface area contributed by atoms with Gasteiger partial charge in [0.15, 0.2) is 0 Å². The molecule has 0 unspecified atom stereocenters. The van der Waals surface area contributed by atoms with Crippen LogP contribution in [-0.2, 0) is 0 Å². The molecule has 2 aliphatic heterocycles. The first-order valence-electron chi connectivity index (χ1n) is 6.48. The fraction of sp³-hybridized carbons (Fsp3) is 0.500. The Kier molecular flexibility index (Phi) is 3.39. The molecule has 0 aromatic heterocycles. The van der Waals surface area contributed by atoms with Gasteiger partial charge < -0.3 is 9.80 Å². The largest absolute Gasteiger partial charge is 0.355 e. The van der Waals surface area contributed by atoms with Crippen molar-refractivity contribution < 1.29 is 0 Å². The first kappa shape index (κ1) is 12.2. The summed E-state index contributed by atoms with van der Waals surface area (Å²) in [5, 5.41) is 2.34. The number of likely N-dealkylation sites (tertiary alicyclic amines) is 1. The fourth-order valence-corrected chi connectivity index (χ4v) is 3.04. The molecule has 2 heterocycles. The quantitative estimate of drug-likeness (QED) is 0.776. The van der Waals surface area contributed by atoms with Crippen LogP contribution in [0.15, 0.2) is 27.7 Å². The molecule has 0 spiro atoms. The molecular formula is C14H18BrN3. The molecule has 3 rings (SSSR count). The summed E-state index contributed by atoms with van der Waals surface area (Å²) in [5.74, 6) is 0. The van der Waals surface area contributed by atoms with Crippen LogP contribution < -0.4 is 10.6 Å². The SMILES string of the molecule is CN1CCC(N2C=c3ccc(Br)cc3=NC2)CC1. The van der Waals surface area contributed by atoms with Crippen molar-refractivity contribution in [1.82, 2.24) is 9.80 Å². The number of benzene rings is 1. The van der Waals surface area contributed by atoms with Gasteiger partial charge in [-0.3, -0.25) is 4.99 Å². The third-order valence-corrected chi connectivity index (χ3v) is 4.35. The van der Waals surface area contributed by atoms with Crippen molar-refractivity contribution in [3.8, 4) is 0 Å². The van der Waals surface area contributed by atoms with E-state index < -0.39 is 0 Å². The second-order valence-electron chi connectivity index (χ2n) is 5.18. The minimum Gasteiger partial charge on any atom is -0.355 e. The Bertz CT molecular complexity index is 547. The number of fused-ring (bicyclic) bond motifs is 1. The van der Waals surface area contributed by atoms with Crippen molar-refractivity contribution in [2.75, 3.05) is 26.8 Å². The Labute approximate surface area is 116 Å². The van der Waals surface area contributed by atoms with Crippen molar-refractivity contribution >= 4 is 22.1 Å². The number of nitrogens with zero attached hydrogens (tertiary/aromatic N) is 3. The van der Waals surface area contributed by atoms with Gasteiger partial charge in [0, 0.05) is 21.9 Å². The maximum atomic E-state index is 4.68. The Morgan fingerprint density at radius 1 is 1.28 bits per heavy atom. The third-order valence-electron chi connectivity index (χ3n) is 3.86. The van der Waals surface area contributed by atoms with E-state index in [0.29, 0.717) is 6.04 Å². The monoisotopic (exact) mass is 307 g/mol. The van der Waals surface area contributed by atoms with Gasteiger partial charge in [0.05, 0.1) is 5.36 Å². The molecule has 3 nitrogen and oxygen atoms in total. The Balaban J connectivity index is 1.83. The molecule has 1 aromatic carbocycles. The van der Waals surface area contributed by atoms with E-state index in [1.54, 1.807) is 0 Å². The van der Waals surface area contributed by atoms with Gasteiger partial charge in [-0.2, -0.15) is 0 Å². The number of hydrogen-bond acceptors (Lipinski definition) is 3. The van der Waals surface area contributed by atoms with Crippen LogP contribution in [0.1, 0.15) is 12.8 Å². The molecular weight excluding hydrogens is 290 g/mol. The first-order chi connectivity index (χ1) is 8.72. The lowest BCUT2D eigenvalue weighted by Crippen LogP contribution is -2.45. The van der Waals surface area contributed by atoms with Gasteiger partial charge in [0.1, 0.15) is 6.67 Å². The molecule has 1 aromatic rings. The van der Waals surface area contributed by atoms with Gasteiger partial charge >= 0.3 is 0 Å². The zero-order valence-corrected chi connectivity index (χ0v) is 12.2. The van der Waals surface area contributed by atoms with Gasteiger partial charge in [-0.05, 0) is 45.1 Å². The lowest BCUT2D eigenvalue weighted by Gasteiger charge is -2.36. The van der Waals surface area contributed by atoms with Crippen LogP contribution in [0.5, 0.6) is 0 Å². The predicted molar refractivity (Wildman–Crippen MR) is 76.6 cm³/mol. The van der Waals surface area contributed by atoms with Crippen LogP contribution in [0.4, 0.5) is 0 Å². The number of rotatable bonds is 1. The molecule has 0 bridgehead atoms. The van der Waals surface area contributed by atoms with E-state index in [2.05, 4.69) is 62.2 Å². The lowest BCUT2D eigenvalue weighted by atomic mass is 10.0. The number of piperidine rings is 1. The normalized spacial score (nSPS) is 21.1. The summed E-state index contributed by atoms with van der Waals surface area (Å²) in [7, 11) is 2.20. The maximum absolute atomic E-state index is 4.68. The summed E-state index contributed by atoms with van der Waals surface area (Å²) in [4.78, 5) is 9.49. The van der Waals surface area contributed by atoms with Gasteiger partial charge in [-0.25, -0.2) is 0 Å². The summed E-state index contributed by atoms with van der Waals surface area (Å²) in [6.07, 6.45) is 4.77. The smallest absolute Gasteiger partial charge is 0.110 e. The van der Waals surface area contributed by atoms with E-state index in [9.17, 15) is 0 Å². The van der Waals surface area contributed by atoms with Crippen LogP contribution in [0, 0.1) is 0 Å². The molecule has 0 N–H and O–H groups in total. The molecule has 1 fully saturated rings. The predicted octanol–water partition coefficient (Wildman–Crippen LogP) is 1.17. The fourth-order valence-electron chi connectivity index (χ4n) is 2.69. The summed E-state index contributed by atoms with van der Waals surface area (Å²) in [5.41, 5.74) is 0. The van der Waals surface area contributed by atoms with E-state index >= 15 is 0 Å². The summed E-state index contributed by atoms with van der Waals surface area (Å²) in [6, 6.07) is 6.98. The average molecular weight is 308 g/mol. The van der Waals surface area contributed by atoms with Crippen molar-refractivity contribution in [2.45, 2.75) is 18.9 Å². The molecule has 0 amide bonds. The Morgan fingerprint density at radius 3 is 2.83 bits per heavy atom. The highest BCUT2D eigenvalue weighted by Gasteiger charge is 2.21. The Hall–Kier alpha value is -0.870. The number of halogens is 1. The van der Waals surface area contributed by atoms with Gasteiger partial charge in [-0.1, -0.05) is 22.0 Å². The van der Waals surface area contributed by atoms with Crippen molar-refractivity contribution in [3.63, 3.8) is 0 Å². The molecule has 96 valence electrons. The maximum Gasteiger partial charge on any atom is 0.110 e. The number of hydrogen-bond donors (Lipinski definition) is 0.